The second-order valence-corrected chi connectivity index (χ2v) is 8.86. The number of piperazine rings is 1. The van der Waals surface area contributed by atoms with E-state index in [1.54, 1.807) is 6.20 Å². The minimum absolute atomic E-state index is 0.00396. The Hall–Kier alpha value is -4.52. The van der Waals surface area contributed by atoms with Crippen LogP contribution >= 0.6 is 11.5 Å². The molecule has 1 aliphatic rings. The second kappa shape index (κ2) is 8.92. The van der Waals surface area contributed by atoms with Crippen LogP contribution in [0.4, 0.5) is 9.39 Å². The van der Waals surface area contributed by atoms with E-state index in [-0.39, 0.29) is 22.3 Å². The molecule has 13 heteroatoms. The van der Waals surface area contributed by atoms with Gasteiger partial charge in [0.05, 0.1) is 35.1 Å². The molecule has 36 heavy (non-hydrogen) atoms. The average Bonchev–Trinajstić information content (AvgIpc) is 3.70. The molecule has 0 radical (unpaired) electrons. The van der Waals surface area contributed by atoms with Crippen LogP contribution < -0.4 is 4.90 Å². The van der Waals surface area contributed by atoms with Crippen molar-refractivity contribution in [1.82, 2.24) is 39.4 Å². The summed E-state index contributed by atoms with van der Waals surface area (Å²) < 4.78 is 20.2. The lowest BCUT2D eigenvalue weighted by molar-refractivity contribution is -0.126. The first kappa shape index (κ1) is 22.0. The summed E-state index contributed by atoms with van der Waals surface area (Å²) >= 11 is 1.30. The molecule has 0 bridgehead atoms. The van der Waals surface area contributed by atoms with Crippen LogP contribution in [0.2, 0.25) is 0 Å². The van der Waals surface area contributed by atoms with Crippen molar-refractivity contribution < 1.29 is 14.0 Å². The zero-order valence-electron chi connectivity index (χ0n) is 18.7. The maximum atomic E-state index is 14.7. The van der Waals surface area contributed by atoms with Crippen LogP contribution in [0.25, 0.3) is 28.0 Å². The van der Waals surface area contributed by atoms with Gasteiger partial charge in [-0.25, -0.2) is 14.1 Å². The van der Waals surface area contributed by atoms with E-state index in [9.17, 15) is 14.0 Å². The number of nitrogens with zero attached hydrogens (tertiary/aromatic N) is 8. The lowest BCUT2D eigenvalue weighted by atomic mass is 10.1. The number of fused-ring (bicyclic) bond motifs is 1. The summed E-state index contributed by atoms with van der Waals surface area (Å²) in [7, 11) is 0. The molecule has 0 aliphatic carbocycles. The van der Waals surface area contributed by atoms with Gasteiger partial charge >= 0.3 is 0 Å². The Morgan fingerprint density at radius 1 is 1.08 bits per heavy atom. The van der Waals surface area contributed by atoms with Gasteiger partial charge in [-0.15, -0.1) is 10.2 Å². The lowest BCUT2D eigenvalue weighted by Crippen LogP contribution is -2.50. The van der Waals surface area contributed by atoms with E-state index < -0.39 is 17.5 Å². The molecular weight excluding hydrogens is 485 g/mol. The first-order chi connectivity index (χ1) is 17.6. The number of H-pyrrole nitrogens is 1. The fourth-order valence-electron chi connectivity index (χ4n) is 4.31. The summed E-state index contributed by atoms with van der Waals surface area (Å²) in [4.78, 5) is 36.8. The Kier molecular flexibility index (Phi) is 5.45. The molecule has 1 saturated heterocycles. The monoisotopic (exact) mass is 503 g/mol. The van der Waals surface area contributed by atoms with Crippen LogP contribution in [-0.4, -0.2) is 77.3 Å². The zero-order chi connectivity index (χ0) is 24.6. The van der Waals surface area contributed by atoms with E-state index in [0.717, 1.165) is 22.5 Å². The molecule has 5 heterocycles. The van der Waals surface area contributed by atoms with Crippen LogP contribution in [-0.2, 0) is 4.79 Å². The number of halogens is 1. The van der Waals surface area contributed by atoms with E-state index >= 15 is 0 Å². The predicted molar refractivity (Wildman–Crippen MR) is 129 cm³/mol. The number of hydrogen-bond acceptors (Lipinski definition) is 9. The minimum Gasteiger partial charge on any atom is -0.357 e. The molecule has 0 saturated carbocycles. The van der Waals surface area contributed by atoms with Gasteiger partial charge in [0.2, 0.25) is 0 Å². The number of carbonyl (C=O) groups excluding carboxylic acids is 2. The molecule has 1 fully saturated rings. The summed E-state index contributed by atoms with van der Waals surface area (Å²) in [6, 6.07) is 9.78. The van der Waals surface area contributed by atoms with Gasteiger partial charge in [-0.1, -0.05) is 40.0 Å². The average molecular weight is 504 g/mol. The summed E-state index contributed by atoms with van der Waals surface area (Å²) in [6.07, 6.45) is 5.34. The van der Waals surface area contributed by atoms with Crippen molar-refractivity contribution in [2.45, 2.75) is 0 Å². The van der Waals surface area contributed by atoms with E-state index in [0.29, 0.717) is 26.2 Å². The molecule has 4 aromatic heterocycles. The number of ketones is 1. The zero-order valence-corrected chi connectivity index (χ0v) is 19.5. The number of carbonyl (C=O) groups is 2. The molecule has 1 aliphatic heterocycles. The number of aromatic nitrogens is 7. The quantitative estimate of drug-likeness (QED) is 0.286. The topological polar surface area (TPSA) is 126 Å². The molecule has 0 atom stereocenters. The fraction of sp³-hybridized carbons (Fsp3) is 0.174. The lowest BCUT2D eigenvalue weighted by Gasteiger charge is -2.34. The first-order valence-corrected chi connectivity index (χ1v) is 11.9. The highest BCUT2D eigenvalue weighted by atomic mass is 32.1. The van der Waals surface area contributed by atoms with Gasteiger partial charge in [-0.3, -0.25) is 9.59 Å². The maximum Gasteiger partial charge on any atom is 0.295 e. The fourth-order valence-corrected chi connectivity index (χ4v) is 5.05. The highest BCUT2D eigenvalue weighted by Gasteiger charge is 2.31. The van der Waals surface area contributed by atoms with E-state index in [2.05, 4.69) is 34.8 Å². The van der Waals surface area contributed by atoms with Crippen LogP contribution in [0, 0.1) is 5.82 Å². The van der Waals surface area contributed by atoms with Crippen molar-refractivity contribution in [3.63, 3.8) is 0 Å². The third-order valence-electron chi connectivity index (χ3n) is 6.09. The summed E-state index contributed by atoms with van der Waals surface area (Å²) in [5.74, 6) is -1.90. The number of aromatic amines is 1. The van der Waals surface area contributed by atoms with E-state index in [1.807, 2.05) is 30.3 Å². The number of hydrogen-bond donors (Lipinski definition) is 1. The molecule has 5 aromatic rings. The van der Waals surface area contributed by atoms with Crippen molar-refractivity contribution in [3.05, 3.63) is 66.5 Å². The number of rotatable bonds is 5. The smallest absolute Gasteiger partial charge is 0.295 e. The highest BCUT2D eigenvalue weighted by molar-refractivity contribution is 7.10. The largest absolute Gasteiger partial charge is 0.357 e. The van der Waals surface area contributed by atoms with Gasteiger partial charge in [0.25, 0.3) is 11.7 Å². The van der Waals surface area contributed by atoms with E-state index in [4.69, 9.17) is 0 Å². The third kappa shape index (κ3) is 3.69. The summed E-state index contributed by atoms with van der Waals surface area (Å²) in [5, 5.41) is 12.8. The Bertz CT molecular complexity index is 1560. The maximum absolute atomic E-state index is 14.7. The number of anilines is 1. The van der Waals surface area contributed by atoms with Crippen molar-refractivity contribution in [2.75, 3.05) is 31.1 Å². The Morgan fingerprint density at radius 2 is 1.89 bits per heavy atom. The van der Waals surface area contributed by atoms with E-state index in [1.165, 1.54) is 33.5 Å². The normalized spacial score (nSPS) is 13.9. The van der Waals surface area contributed by atoms with Crippen molar-refractivity contribution >= 4 is 39.1 Å². The van der Waals surface area contributed by atoms with Gasteiger partial charge in [0.1, 0.15) is 10.7 Å². The summed E-state index contributed by atoms with van der Waals surface area (Å²) in [5.41, 5.74) is 1.97. The van der Waals surface area contributed by atoms with Crippen LogP contribution in [0.5, 0.6) is 0 Å². The SMILES string of the molecule is O=C(C(=O)N1CCN(c2snnc2-c2ccccc2)CC1)c1c[nH]c2c(-n3ccnn3)ncc(F)c12. The minimum atomic E-state index is -0.784. The number of nitrogens with one attached hydrogen (secondary N) is 1. The van der Waals surface area contributed by atoms with Crippen LogP contribution in [0.15, 0.2) is 55.1 Å². The molecule has 1 N–H and O–H groups in total. The number of Topliss-reactive ketones (excluding diaryl/α,β-unsaturated/α-hetero) is 1. The molecule has 0 spiro atoms. The molecule has 180 valence electrons. The van der Waals surface area contributed by atoms with Gasteiger partial charge in [-0.2, -0.15) is 0 Å². The van der Waals surface area contributed by atoms with Gasteiger partial charge < -0.3 is 14.8 Å². The molecule has 6 rings (SSSR count). The van der Waals surface area contributed by atoms with Gasteiger partial charge in [-0.05, 0) is 0 Å². The van der Waals surface area contributed by atoms with Crippen LogP contribution in [0.3, 0.4) is 0 Å². The highest BCUT2D eigenvalue weighted by Crippen LogP contribution is 2.33. The first-order valence-electron chi connectivity index (χ1n) is 11.1. The molecule has 1 amide bonds. The standard InChI is InChI=1S/C23H18FN9O2S/c24-16-13-26-21(33-7-6-27-29-33)19-17(16)15(12-25-19)20(34)22(35)31-8-10-32(11-9-31)23-18(28-30-36-23)14-4-2-1-3-5-14/h1-7,12-13,25H,8-11H2. The van der Waals surface area contributed by atoms with Crippen molar-refractivity contribution in [3.8, 4) is 17.1 Å². The van der Waals surface area contributed by atoms with Crippen molar-refractivity contribution in [1.29, 1.82) is 0 Å². The number of pyridine rings is 1. The number of amides is 1. The Labute approximate surface area is 207 Å². The third-order valence-corrected chi connectivity index (χ3v) is 6.88. The van der Waals surface area contributed by atoms with Crippen LogP contribution in [0.1, 0.15) is 10.4 Å². The second-order valence-electron chi connectivity index (χ2n) is 8.13. The van der Waals surface area contributed by atoms with Crippen molar-refractivity contribution in [2.24, 2.45) is 0 Å². The number of benzene rings is 1. The molecule has 11 nitrogen and oxygen atoms in total. The van der Waals surface area contributed by atoms with Gasteiger partial charge in [0, 0.05) is 49.5 Å². The van der Waals surface area contributed by atoms with Gasteiger partial charge in [0.15, 0.2) is 11.6 Å². The Balaban J connectivity index is 1.21. The molecular formula is C23H18FN9O2S. The Morgan fingerprint density at radius 3 is 2.64 bits per heavy atom. The molecule has 1 aromatic carbocycles. The summed E-state index contributed by atoms with van der Waals surface area (Å²) in [6.45, 7) is 1.72. The predicted octanol–water partition coefficient (Wildman–Crippen LogP) is 2.33. The molecule has 0 unspecified atom stereocenters.